The fourth-order valence-electron chi connectivity index (χ4n) is 0.986. The Hall–Kier alpha value is -1.28. The minimum Gasteiger partial charge on any atom is -0.326 e. The smallest absolute Gasteiger partial charge is 0.148 e. The van der Waals surface area contributed by atoms with Crippen molar-refractivity contribution in [1.82, 2.24) is 0 Å². The molecule has 1 aromatic carbocycles. The Balaban J connectivity index is 2.94. The Morgan fingerprint density at radius 3 is 2.67 bits per heavy atom. The molecule has 0 spiro atoms. The van der Waals surface area contributed by atoms with Gasteiger partial charge >= 0.3 is 0 Å². The van der Waals surface area contributed by atoms with E-state index in [1.54, 1.807) is 6.07 Å². The van der Waals surface area contributed by atoms with E-state index in [0.29, 0.717) is 0 Å². The molecule has 80 valence electrons. The number of nitriles is 1. The predicted octanol–water partition coefficient (Wildman–Crippen LogP) is 3.31. The number of anilines is 1. The van der Waals surface area contributed by atoms with Crippen molar-refractivity contribution in [3.05, 3.63) is 29.3 Å². The van der Waals surface area contributed by atoms with Gasteiger partial charge in [0, 0.05) is 5.75 Å². The molecule has 0 unspecified atom stereocenters. The summed E-state index contributed by atoms with van der Waals surface area (Å²) in [5, 5.41) is 8.67. The fraction of sp³-hybridized carbons (Fsp3) is 0.300. The van der Waals surface area contributed by atoms with E-state index in [0.717, 1.165) is 24.3 Å². The van der Waals surface area contributed by atoms with Crippen molar-refractivity contribution in [2.75, 3.05) is 10.5 Å². The predicted molar refractivity (Wildman–Crippen MR) is 57.4 cm³/mol. The van der Waals surface area contributed by atoms with Gasteiger partial charge in [-0.3, -0.25) is 0 Å². The molecule has 0 bridgehead atoms. The van der Waals surface area contributed by atoms with Crippen molar-refractivity contribution in [3.63, 3.8) is 0 Å². The second-order valence-electron chi connectivity index (χ2n) is 2.84. The molecule has 0 amide bonds. The minimum atomic E-state index is -0.710. The van der Waals surface area contributed by atoms with Crippen molar-refractivity contribution in [2.24, 2.45) is 0 Å². The van der Waals surface area contributed by atoms with Crippen LogP contribution in [-0.4, -0.2) is 5.75 Å². The summed E-state index contributed by atoms with van der Waals surface area (Å²) in [6.07, 6.45) is 0.913. The average molecular weight is 228 g/mol. The lowest BCUT2D eigenvalue weighted by molar-refractivity contribution is 0.601. The lowest BCUT2D eigenvalue weighted by atomic mass is 10.2. The van der Waals surface area contributed by atoms with E-state index in [9.17, 15) is 8.78 Å². The van der Waals surface area contributed by atoms with Gasteiger partial charge in [0.2, 0.25) is 0 Å². The molecule has 1 N–H and O–H groups in total. The van der Waals surface area contributed by atoms with Crippen molar-refractivity contribution in [1.29, 1.82) is 5.26 Å². The second-order valence-corrected chi connectivity index (χ2v) is 3.74. The van der Waals surface area contributed by atoms with Crippen LogP contribution in [0.1, 0.15) is 18.9 Å². The first kappa shape index (κ1) is 11.8. The van der Waals surface area contributed by atoms with E-state index in [4.69, 9.17) is 5.26 Å². The third-order valence-electron chi connectivity index (χ3n) is 1.70. The molecule has 5 heteroatoms. The molecule has 0 radical (unpaired) electrons. The molecule has 1 aromatic rings. The van der Waals surface area contributed by atoms with Crippen LogP contribution in [0.3, 0.4) is 0 Å². The largest absolute Gasteiger partial charge is 0.326 e. The van der Waals surface area contributed by atoms with Gasteiger partial charge in [-0.1, -0.05) is 18.9 Å². The maximum absolute atomic E-state index is 13.3. The van der Waals surface area contributed by atoms with Crippen molar-refractivity contribution >= 4 is 17.6 Å². The first-order valence-corrected chi connectivity index (χ1v) is 5.45. The standard InChI is InChI=1S/C10H10F2N2S/c1-2-5-15-14-10-7(6-13)8(11)3-4-9(10)12/h3-4,14H,2,5H2,1H3. The zero-order chi connectivity index (χ0) is 11.3. The molecular weight excluding hydrogens is 218 g/mol. The molecule has 0 heterocycles. The fourth-order valence-corrected chi connectivity index (χ4v) is 1.64. The average Bonchev–Trinajstić information content (AvgIpc) is 2.23. The molecule has 1 rings (SSSR count). The minimum absolute atomic E-state index is 0.0732. The third-order valence-corrected chi connectivity index (χ3v) is 2.66. The second kappa shape index (κ2) is 5.56. The topological polar surface area (TPSA) is 35.8 Å². The Morgan fingerprint density at radius 1 is 1.40 bits per heavy atom. The van der Waals surface area contributed by atoms with Gasteiger partial charge in [0.05, 0.1) is 0 Å². The van der Waals surface area contributed by atoms with Gasteiger partial charge in [-0.2, -0.15) is 5.26 Å². The summed E-state index contributed by atoms with van der Waals surface area (Å²) >= 11 is 1.25. The molecule has 0 aliphatic carbocycles. The van der Waals surface area contributed by atoms with Crippen LogP contribution in [0.2, 0.25) is 0 Å². The highest BCUT2D eigenvalue weighted by Crippen LogP contribution is 2.24. The third kappa shape index (κ3) is 2.83. The molecule has 0 saturated carbocycles. The summed E-state index contributed by atoms with van der Waals surface area (Å²) in [6.45, 7) is 1.97. The first-order chi connectivity index (χ1) is 7.20. The van der Waals surface area contributed by atoms with Crippen LogP contribution in [0.15, 0.2) is 12.1 Å². The van der Waals surface area contributed by atoms with Crippen LogP contribution in [0.25, 0.3) is 0 Å². The zero-order valence-electron chi connectivity index (χ0n) is 8.18. The van der Waals surface area contributed by atoms with Crippen LogP contribution in [0.4, 0.5) is 14.5 Å². The van der Waals surface area contributed by atoms with Gasteiger partial charge in [-0.05, 0) is 18.6 Å². The van der Waals surface area contributed by atoms with Gasteiger partial charge in [0.1, 0.15) is 29.0 Å². The van der Waals surface area contributed by atoms with Crippen molar-refractivity contribution in [3.8, 4) is 6.07 Å². The molecule has 0 fully saturated rings. The van der Waals surface area contributed by atoms with Crippen molar-refractivity contribution in [2.45, 2.75) is 13.3 Å². The highest BCUT2D eigenvalue weighted by molar-refractivity contribution is 8.00. The summed E-state index contributed by atoms with van der Waals surface area (Å²) < 4.78 is 29.0. The Morgan fingerprint density at radius 2 is 2.07 bits per heavy atom. The van der Waals surface area contributed by atoms with Gasteiger partial charge in [0.25, 0.3) is 0 Å². The molecule has 0 aromatic heterocycles. The van der Waals surface area contributed by atoms with E-state index in [1.807, 2.05) is 6.92 Å². The number of hydrogen-bond acceptors (Lipinski definition) is 3. The van der Waals surface area contributed by atoms with E-state index >= 15 is 0 Å². The summed E-state index contributed by atoms with van der Waals surface area (Å²) in [5.74, 6) is -0.559. The lowest BCUT2D eigenvalue weighted by Gasteiger charge is -2.08. The number of nitrogens with zero attached hydrogens (tertiary/aromatic N) is 1. The molecule has 0 aliphatic rings. The number of halogens is 2. The Bertz CT molecular complexity index is 388. The van der Waals surface area contributed by atoms with Crippen LogP contribution in [-0.2, 0) is 0 Å². The highest BCUT2D eigenvalue weighted by atomic mass is 32.2. The normalized spacial score (nSPS) is 9.73. The summed E-state index contributed by atoms with van der Waals surface area (Å²) in [7, 11) is 0. The summed E-state index contributed by atoms with van der Waals surface area (Å²) in [6, 6.07) is 3.59. The molecule has 15 heavy (non-hydrogen) atoms. The molecule has 2 nitrogen and oxygen atoms in total. The maximum Gasteiger partial charge on any atom is 0.148 e. The number of hydrogen-bond donors (Lipinski definition) is 1. The van der Waals surface area contributed by atoms with E-state index in [2.05, 4.69) is 4.72 Å². The van der Waals surface area contributed by atoms with Crippen LogP contribution in [0.5, 0.6) is 0 Å². The number of nitrogens with one attached hydrogen (secondary N) is 1. The van der Waals surface area contributed by atoms with Gasteiger partial charge in [-0.15, -0.1) is 0 Å². The SMILES string of the molecule is CCCSNc1c(F)ccc(F)c1C#N. The van der Waals surface area contributed by atoms with E-state index < -0.39 is 11.6 Å². The Kier molecular flexibility index (Phi) is 4.37. The lowest BCUT2D eigenvalue weighted by Crippen LogP contribution is -1.98. The van der Waals surface area contributed by atoms with Crippen molar-refractivity contribution < 1.29 is 8.78 Å². The molecule has 0 aliphatic heterocycles. The first-order valence-electron chi connectivity index (χ1n) is 4.46. The van der Waals surface area contributed by atoms with E-state index in [1.165, 1.54) is 11.9 Å². The van der Waals surface area contributed by atoms with Gasteiger partial charge < -0.3 is 4.72 Å². The molecule has 0 atom stereocenters. The highest BCUT2D eigenvalue weighted by Gasteiger charge is 2.12. The molecular formula is C10H10F2N2S. The summed E-state index contributed by atoms with van der Waals surface area (Å²) in [5.41, 5.74) is -0.352. The quantitative estimate of drug-likeness (QED) is 0.634. The number of benzene rings is 1. The Labute approximate surface area is 91.4 Å². The van der Waals surface area contributed by atoms with Crippen LogP contribution >= 0.6 is 11.9 Å². The maximum atomic E-state index is 13.3. The monoisotopic (exact) mass is 228 g/mol. The zero-order valence-corrected chi connectivity index (χ0v) is 9.00. The van der Waals surface area contributed by atoms with Crippen LogP contribution < -0.4 is 4.72 Å². The van der Waals surface area contributed by atoms with Gasteiger partial charge in [-0.25, -0.2) is 8.78 Å². The summed E-state index contributed by atoms with van der Waals surface area (Å²) in [4.78, 5) is 0. The number of rotatable bonds is 4. The van der Waals surface area contributed by atoms with Crippen LogP contribution in [0, 0.1) is 23.0 Å². The van der Waals surface area contributed by atoms with Gasteiger partial charge in [0.15, 0.2) is 0 Å². The molecule has 0 saturated heterocycles. The van der Waals surface area contributed by atoms with E-state index in [-0.39, 0.29) is 11.3 Å².